The third kappa shape index (κ3) is 3.64. The van der Waals surface area contributed by atoms with E-state index in [4.69, 9.17) is 0 Å². The maximum Gasteiger partial charge on any atom is 0.325 e. The molecule has 1 unspecified atom stereocenters. The Hall–Kier alpha value is -2.27. The number of hydrogen-bond donors (Lipinski definition) is 1. The number of benzene rings is 2. The first-order valence-electron chi connectivity index (χ1n) is 6.41. The normalized spacial score (nSPS) is 12.4. The smallest absolute Gasteiger partial charge is 0.325 e. The first kappa shape index (κ1) is 15.1. The summed E-state index contributed by atoms with van der Waals surface area (Å²) in [5.41, 5.74) is 0.858. The summed E-state index contributed by atoms with van der Waals surface area (Å²) in [6.07, 6.45) is 0. The zero-order chi connectivity index (χ0) is 15.4. The summed E-state index contributed by atoms with van der Waals surface area (Å²) >= 11 is 0. The summed E-state index contributed by atoms with van der Waals surface area (Å²) in [5.74, 6) is -2.77. The van der Waals surface area contributed by atoms with Crippen molar-refractivity contribution in [1.29, 1.82) is 0 Å². The number of aliphatic carboxylic acids is 1. The quantitative estimate of drug-likeness (QED) is 0.919. The molecule has 1 atom stereocenters. The van der Waals surface area contributed by atoms with Gasteiger partial charge in [0, 0.05) is 18.2 Å². The zero-order valence-electron chi connectivity index (χ0n) is 11.5. The fraction of sp³-hybridized carbons (Fsp3) is 0.188. The lowest BCUT2D eigenvalue weighted by Crippen LogP contribution is -2.31. The van der Waals surface area contributed by atoms with Crippen LogP contribution in [0.2, 0.25) is 0 Å². The van der Waals surface area contributed by atoms with E-state index in [1.54, 1.807) is 7.05 Å². The minimum absolute atomic E-state index is 0.0534. The SMILES string of the molecule is CN(Cc1ccccc1)C(C(=O)O)c1ccc(F)cc1F. The summed E-state index contributed by atoms with van der Waals surface area (Å²) in [6.45, 7) is 0.342. The molecule has 0 heterocycles. The Morgan fingerprint density at radius 2 is 1.86 bits per heavy atom. The molecule has 5 heteroatoms. The van der Waals surface area contributed by atoms with Crippen LogP contribution in [-0.4, -0.2) is 23.0 Å². The van der Waals surface area contributed by atoms with Crippen molar-refractivity contribution in [3.05, 3.63) is 71.3 Å². The topological polar surface area (TPSA) is 40.5 Å². The van der Waals surface area contributed by atoms with E-state index in [-0.39, 0.29) is 5.56 Å². The molecule has 0 amide bonds. The second-order valence-electron chi connectivity index (χ2n) is 4.81. The number of carboxylic acids is 1. The molecule has 110 valence electrons. The summed E-state index contributed by atoms with van der Waals surface area (Å²) in [5, 5.41) is 9.37. The Kier molecular flexibility index (Phi) is 4.65. The van der Waals surface area contributed by atoms with E-state index in [0.717, 1.165) is 11.6 Å². The number of carbonyl (C=O) groups is 1. The Morgan fingerprint density at radius 1 is 1.19 bits per heavy atom. The van der Waals surface area contributed by atoms with Crippen LogP contribution in [0.3, 0.4) is 0 Å². The molecule has 0 fully saturated rings. The van der Waals surface area contributed by atoms with Gasteiger partial charge in [0.25, 0.3) is 0 Å². The lowest BCUT2D eigenvalue weighted by Gasteiger charge is -2.25. The van der Waals surface area contributed by atoms with Crippen LogP contribution in [0.1, 0.15) is 17.2 Å². The van der Waals surface area contributed by atoms with Gasteiger partial charge in [-0.15, -0.1) is 0 Å². The van der Waals surface area contributed by atoms with Crippen LogP contribution in [0, 0.1) is 11.6 Å². The number of likely N-dealkylation sites (N-methyl/N-ethyl adjacent to an activating group) is 1. The molecule has 0 saturated carbocycles. The van der Waals surface area contributed by atoms with E-state index in [2.05, 4.69) is 0 Å². The molecule has 0 aliphatic carbocycles. The molecule has 0 aliphatic heterocycles. The van der Waals surface area contributed by atoms with E-state index in [0.29, 0.717) is 12.6 Å². The molecule has 0 spiro atoms. The van der Waals surface area contributed by atoms with Crippen molar-refractivity contribution in [2.75, 3.05) is 7.05 Å². The summed E-state index contributed by atoms with van der Waals surface area (Å²) in [6, 6.07) is 11.0. The van der Waals surface area contributed by atoms with E-state index < -0.39 is 23.6 Å². The average Bonchev–Trinajstić information content (AvgIpc) is 2.42. The molecule has 0 aromatic heterocycles. The van der Waals surface area contributed by atoms with Crippen molar-refractivity contribution in [3.63, 3.8) is 0 Å². The third-order valence-corrected chi connectivity index (χ3v) is 3.21. The third-order valence-electron chi connectivity index (χ3n) is 3.21. The van der Waals surface area contributed by atoms with Crippen molar-refractivity contribution >= 4 is 5.97 Å². The highest BCUT2D eigenvalue weighted by molar-refractivity contribution is 5.75. The van der Waals surface area contributed by atoms with Gasteiger partial charge in [0.1, 0.15) is 17.7 Å². The molecule has 1 N–H and O–H groups in total. The van der Waals surface area contributed by atoms with Gasteiger partial charge in [0.15, 0.2) is 0 Å². The highest BCUT2D eigenvalue weighted by Crippen LogP contribution is 2.24. The van der Waals surface area contributed by atoms with Gasteiger partial charge < -0.3 is 5.11 Å². The van der Waals surface area contributed by atoms with Crippen LogP contribution in [0.25, 0.3) is 0 Å². The molecule has 2 rings (SSSR count). The lowest BCUT2D eigenvalue weighted by atomic mass is 10.0. The van der Waals surface area contributed by atoms with Crippen LogP contribution in [0.4, 0.5) is 8.78 Å². The minimum Gasteiger partial charge on any atom is -0.480 e. The van der Waals surface area contributed by atoms with E-state index in [9.17, 15) is 18.7 Å². The number of carboxylic acid groups (broad SMARTS) is 1. The van der Waals surface area contributed by atoms with Gasteiger partial charge in [-0.2, -0.15) is 0 Å². The van der Waals surface area contributed by atoms with Crippen LogP contribution in [0.5, 0.6) is 0 Å². The Labute approximate surface area is 121 Å². The molecule has 2 aromatic carbocycles. The van der Waals surface area contributed by atoms with Crippen LogP contribution < -0.4 is 0 Å². The molecule has 0 bridgehead atoms. The number of halogens is 2. The highest BCUT2D eigenvalue weighted by Gasteiger charge is 2.27. The Balaban J connectivity index is 2.28. The van der Waals surface area contributed by atoms with Crippen molar-refractivity contribution in [2.24, 2.45) is 0 Å². The second-order valence-corrected chi connectivity index (χ2v) is 4.81. The average molecular weight is 291 g/mol. The molecule has 0 saturated heterocycles. The van der Waals surface area contributed by atoms with Gasteiger partial charge in [-0.1, -0.05) is 36.4 Å². The standard InChI is InChI=1S/C16H15F2NO2/c1-19(10-11-5-3-2-4-6-11)15(16(20)21)13-8-7-12(17)9-14(13)18/h2-9,15H,10H2,1H3,(H,20,21). The van der Waals surface area contributed by atoms with E-state index in [1.165, 1.54) is 11.0 Å². The molecule has 21 heavy (non-hydrogen) atoms. The highest BCUT2D eigenvalue weighted by atomic mass is 19.1. The predicted molar refractivity (Wildman–Crippen MR) is 74.6 cm³/mol. The van der Waals surface area contributed by atoms with Crippen molar-refractivity contribution in [3.8, 4) is 0 Å². The van der Waals surface area contributed by atoms with Crippen molar-refractivity contribution < 1.29 is 18.7 Å². The van der Waals surface area contributed by atoms with Crippen molar-refractivity contribution in [2.45, 2.75) is 12.6 Å². The van der Waals surface area contributed by atoms with Crippen LogP contribution in [0.15, 0.2) is 48.5 Å². The molecular formula is C16H15F2NO2. The summed E-state index contributed by atoms with van der Waals surface area (Å²) in [7, 11) is 1.59. The van der Waals surface area contributed by atoms with Gasteiger partial charge in [0.2, 0.25) is 0 Å². The molecular weight excluding hydrogens is 276 g/mol. The second kappa shape index (κ2) is 6.45. The largest absolute Gasteiger partial charge is 0.480 e. The van der Waals surface area contributed by atoms with Gasteiger partial charge in [0.05, 0.1) is 0 Å². The maximum atomic E-state index is 13.8. The van der Waals surface area contributed by atoms with Crippen molar-refractivity contribution in [1.82, 2.24) is 4.90 Å². The van der Waals surface area contributed by atoms with Gasteiger partial charge in [-0.25, -0.2) is 8.78 Å². The fourth-order valence-electron chi connectivity index (χ4n) is 2.24. The number of hydrogen-bond acceptors (Lipinski definition) is 2. The van der Waals surface area contributed by atoms with Crippen LogP contribution in [-0.2, 0) is 11.3 Å². The predicted octanol–water partition coefficient (Wildman–Crippen LogP) is 3.22. The summed E-state index contributed by atoms with van der Waals surface area (Å²) in [4.78, 5) is 13.0. The number of nitrogens with zero attached hydrogens (tertiary/aromatic N) is 1. The van der Waals surface area contributed by atoms with Crippen LogP contribution >= 0.6 is 0 Å². The first-order chi connectivity index (χ1) is 9.99. The lowest BCUT2D eigenvalue weighted by molar-refractivity contribution is -0.143. The fourth-order valence-corrected chi connectivity index (χ4v) is 2.24. The molecule has 3 nitrogen and oxygen atoms in total. The molecule has 2 aromatic rings. The number of rotatable bonds is 5. The zero-order valence-corrected chi connectivity index (χ0v) is 11.5. The van der Waals surface area contributed by atoms with E-state index in [1.807, 2.05) is 30.3 Å². The maximum absolute atomic E-state index is 13.8. The van der Waals surface area contributed by atoms with Gasteiger partial charge in [-0.05, 0) is 18.7 Å². The van der Waals surface area contributed by atoms with Gasteiger partial charge in [-0.3, -0.25) is 9.69 Å². The van der Waals surface area contributed by atoms with Gasteiger partial charge >= 0.3 is 5.97 Å². The van der Waals surface area contributed by atoms with E-state index >= 15 is 0 Å². The Morgan fingerprint density at radius 3 is 2.43 bits per heavy atom. The molecule has 0 radical (unpaired) electrons. The minimum atomic E-state index is -1.18. The monoisotopic (exact) mass is 291 g/mol. The Bertz CT molecular complexity index is 631. The molecule has 0 aliphatic rings. The summed E-state index contributed by atoms with van der Waals surface area (Å²) < 4.78 is 26.8. The first-order valence-corrected chi connectivity index (χ1v) is 6.41.